The van der Waals surface area contributed by atoms with Gasteiger partial charge in [-0.1, -0.05) is 37.8 Å². The SMILES string of the molecule is C=C(N)c1ccc(Cc2ccc(CC(C)(C)NCC(O)CC)cc2)nc1. The minimum atomic E-state index is -0.285. The lowest BCUT2D eigenvalue weighted by Crippen LogP contribution is -2.44. The molecule has 2 rings (SSSR count). The predicted octanol–water partition coefficient (Wildman–Crippen LogP) is 3.28. The molecule has 0 amide bonds. The Morgan fingerprint density at radius 2 is 1.85 bits per heavy atom. The summed E-state index contributed by atoms with van der Waals surface area (Å²) in [4.78, 5) is 4.45. The fourth-order valence-electron chi connectivity index (χ4n) is 2.81. The number of rotatable bonds is 9. The van der Waals surface area contributed by atoms with Gasteiger partial charge in [0.05, 0.1) is 6.10 Å². The molecule has 1 aromatic carbocycles. The summed E-state index contributed by atoms with van der Waals surface area (Å²) in [6.45, 7) is 10.7. The highest BCUT2D eigenvalue weighted by Crippen LogP contribution is 2.16. The van der Waals surface area contributed by atoms with E-state index in [1.165, 1.54) is 11.1 Å². The first-order valence-corrected chi connectivity index (χ1v) is 9.19. The Balaban J connectivity index is 1.94. The number of aromatic nitrogens is 1. The van der Waals surface area contributed by atoms with Gasteiger partial charge in [-0.05, 0) is 49.9 Å². The Labute approximate surface area is 157 Å². The molecule has 0 radical (unpaired) electrons. The average Bonchev–Trinajstić information content (AvgIpc) is 2.61. The van der Waals surface area contributed by atoms with E-state index in [4.69, 9.17) is 5.73 Å². The summed E-state index contributed by atoms with van der Waals surface area (Å²) in [7, 11) is 0. The molecule has 1 atom stereocenters. The van der Waals surface area contributed by atoms with Crippen LogP contribution in [0.15, 0.2) is 49.2 Å². The molecule has 0 aliphatic rings. The first kappa shape index (κ1) is 20.1. The number of β-amino-alcohol motifs (C(OH)–C–C–N with tert-alkyl or cyclic N) is 1. The van der Waals surface area contributed by atoms with Crippen molar-refractivity contribution < 1.29 is 5.11 Å². The van der Waals surface area contributed by atoms with Gasteiger partial charge in [-0.2, -0.15) is 0 Å². The summed E-state index contributed by atoms with van der Waals surface area (Å²) in [6.07, 6.45) is 3.96. The van der Waals surface area contributed by atoms with Crippen molar-refractivity contribution in [3.05, 3.63) is 71.6 Å². The number of hydrogen-bond acceptors (Lipinski definition) is 4. The van der Waals surface area contributed by atoms with Crippen LogP contribution in [0.3, 0.4) is 0 Å². The molecule has 0 bridgehead atoms. The van der Waals surface area contributed by atoms with E-state index < -0.39 is 0 Å². The fraction of sp³-hybridized carbons (Fsp3) is 0.409. The van der Waals surface area contributed by atoms with E-state index in [0.29, 0.717) is 12.2 Å². The Morgan fingerprint density at radius 3 is 2.38 bits per heavy atom. The van der Waals surface area contributed by atoms with E-state index in [-0.39, 0.29) is 11.6 Å². The van der Waals surface area contributed by atoms with Crippen molar-refractivity contribution in [1.29, 1.82) is 0 Å². The number of nitrogens with two attached hydrogens (primary N) is 1. The maximum absolute atomic E-state index is 9.73. The highest BCUT2D eigenvalue weighted by Gasteiger charge is 2.18. The molecule has 0 aliphatic heterocycles. The van der Waals surface area contributed by atoms with Gasteiger partial charge in [-0.15, -0.1) is 0 Å². The second kappa shape index (κ2) is 8.97. The summed E-state index contributed by atoms with van der Waals surface area (Å²) < 4.78 is 0. The highest BCUT2D eigenvalue weighted by atomic mass is 16.3. The van der Waals surface area contributed by atoms with E-state index in [1.807, 2.05) is 19.1 Å². The second-order valence-electron chi connectivity index (χ2n) is 7.56. The molecular weight excluding hydrogens is 322 g/mol. The molecule has 0 saturated heterocycles. The normalized spacial score (nSPS) is 12.8. The summed E-state index contributed by atoms with van der Waals surface area (Å²) >= 11 is 0. The number of aliphatic hydroxyl groups is 1. The molecule has 4 N–H and O–H groups in total. The lowest BCUT2D eigenvalue weighted by atomic mass is 9.93. The molecule has 1 unspecified atom stereocenters. The van der Waals surface area contributed by atoms with Gasteiger partial charge < -0.3 is 16.2 Å². The number of hydrogen-bond donors (Lipinski definition) is 3. The van der Waals surface area contributed by atoms with Crippen molar-refractivity contribution in [3.63, 3.8) is 0 Å². The maximum atomic E-state index is 9.73. The highest BCUT2D eigenvalue weighted by molar-refractivity contribution is 5.59. The molecule has 26 heavy (non-hydrogen) atoms. The monoisotopic (exact) mass is 353 g/mol. The number of benzene rings is 1. The summed E-state index contributed by atoms with van der Waals surface area (Å²) in [5, 5.41) is 13.2. The van der Waals surface area contributed by atoms with E-state index in [9.17, 15) is 5.11 Å². The third kappa shape index (κ3) is 6.28. The predicted molar refractivity (Wildman–Crippen MR) is 109 cm³/mol. The Morgan fingerprint density at radius 1 is 1.19 bits per heavy atom. The van der Waals surface area contributed by atoms with Crippen LogP contribution in [0.2, 0.25) is 0 Å². The Hall–Kier alpha value is -2.17. The quantitative estimate of drug-likeness (QED) is 0.647. The third-order valence-electron chi connectivity index (χ3n) is 4.54. The van der Waals surface area contributed by atoms with Crippen molar-refractivity contribution in [3.8, 4) is 0 Å². The van der Waals surface area contributed by atoms with Gasteiger partial charge in [0.15, 0.2) is 0 Å². The van der Waals surface area contributed by atoms with Crippen LogP contribution in [0.5, 0.6) is 0 Å². The molecule has 0 fully saturated rings. The van der Waals surface area contributed by atoms with Crippen molar-refractivity contribution in [2.75, 3.05) is 6.54 Å². The topological polar surface area (TPSA) is 71.2 Å². The van der Waals surface area contributed by atoms with Crippen LogP contribution in [-0.4, -0.2) is 28.3 Å². The van der Waals surface area contributed by atoms with Crippen LogP contribution in [-0.2, 0) is 12.8 Å². The Bertz CT molecular complexity index is 705. The zero-order valence-corrected chi connectivity index (χ0v) is 16.1. The molecule has 1 aromatic heterocycles. The van der Waals surface area contributed by atoms with Crippen LogP contribution < -0.4 is 11.1 Å². The maximum Gasteiger partial charge on any atom is 0.0662 e. The number of aliphatic hydroxyl groups excluding tert-OH is 1. The number of nitrogens with one attached hydrogen (secondary N) is 1. The number of nitrogens with zero attached hydrogens (tertiary/aromatic N) is 1. The van der Waals surface area contributed by atoms with Crippen LogP contribution in [0.4, 0.5) is 0 Å². The van der Waals surface area contributed by atoms with Crippen LogP contribution >= 0.6 is 0 Å². The molecule has 4 nitrogen and oxygen atoms in total. The van der Waals surface area contributed by atoms with E-state index >= 15 is 0 Å². The Kier molecular flexibility index (Phi) is 6.95. The van der Waals surface area contributed by atoms with Gasteiger partial charge in [-0.3, -0.25) is 4.98 Å². The van der Waals surface area contributed by atoms with Crippen molar-refractivity contribution >= 4 is 5.70 Å². The second-order valence-corrected chi connectivity index (χ2v) is 7.56. The molecule has 1 heterocycles. The van der Waals surface area contributed by atoms with E-state index in [0.717, 1.165) is 30.5 Å². The van der Waals surface area contributed by atoms with Crippen LogP contribution in [0.1, 0.15) is 49.6 Å². The number of pyridine rings is 1. The minimum absolute atomic E-state index is 0.0559. The van der Waals surface area contributed by atoms with E-state index in [1.54, 1.807) is 6.20 Å². The van der Waals surface area contributed by atoms with Crippen LogP contribution in [0.25, 0.3) is 5.70 Å². The molecular formula is C22H31N3O. The minimum Gasteiger partial charge on any atom is -0.399 e. The summed E-state index contributed by atoms with van der Waals surface area (Å²) in [6, 6.07) is 12.6. The van der Waals surface area contributed by atoms with Gasteiger partial charge in [-0.25, -0.2) is 0 Å². The molecule has 0 spiro atoms. The van der Waals surface area contributed by atoms with Crippen molar-refractivity contribution in [2.45, 2.75) is 51.7 Å². The van der Waals surface area contributed by atoms with Gasteiger partial charge in [0.25, 0.3) is 0 Å². The zero-order chi connectivity index (χ0) is 19.2. The largest absolute Gasteiger partial charge is 0.399 e. The lowest BCUT2D eigenvalue weighted by Gasteiger charge is -2.28. The van der Waals surface area contributed by atoms with Crippen molar-refractivity contribution in [2.24, 2.45) is 5.73 Å². The smallest absolute Gasteiger partial charge is 0.0662 e. The van der Waals surface area contributed by atoms with Gasteiger partial charge in [0, 0.05) is 41.7 Å². The average molecular weight is 354 g/mol. The molecule has 140 valence electrons. The molecule has 0 aliphatic carbocycles. The molecule has 0 saturated carbocycles. The molecule has 2 aromatic rings. The zero-order valence-electron chi connectivity index (χ0n) is 16.1. The van der Waals surface area contributed by atoms with E-state index in [2.05, 4.69) is 55.0 Å². The van der Waals surface area contributed by atoms with Crippen LogP contribution in [0, 0.1) is 0 Å². The third-order valence-corrected chi connectivity index (χ3v) is 4.54. The fourth-order valence-corrected chi connectivity index (χ4v) is 2.81. The van der Waals surface area contributed by atoms with Gasteiger partial charge in [0.2, 0.25) is 0 Å². The first-order valence-electron chi connectivity index (χ1n) is 9.19. The van der Waals surface area contributed by atoms with Crippen molar-refractivity contribution in [1.82, 2.24) is 10.3 Å². The first-order chi connectivity index (χ1) is 12.3. The molecule has 4 heteroatoms. The standard InChI is InChI=1S/C22H31N3O/c1-5-21(26)15-25-22(3,4)13-18-8-6-17(7-9-18)12-20-11-10-19(14-24-20)16(2)23/h6-11,14,21,25-26H,2,5,12-13,15,23H2,1,3-4H3. The lowest BCUT2D eigenvalue weighted by molar-refractivity contribution is 0.154. The summed E-state index contributed by atoms with van der Waals surface area (Å²) in [5.74, 6) is 0. The van der Waals surface area contributed by atoms with Gasteiger partial charge >= 0.3 is 0 Å². The summed E-state index contributed by atoms with van der Waals surface area (Å²) in [5.41, 5.74) is 10.5. The van der Waals surface area contributed by atoms with Gasteiger partial charge in [0.1, 0.15) is 0 Å².